The van der Waals surface area contributed by atoms with E-state index in [0.717, 1.165) is 6.42 Å². The molecule has 0 unspecified atom stereocenters. The molecule has 0 saturated carbocycles. The minimum absolute atomic E-state index is 0.604. The molecule has 0 heterocycles. The molecule has 0 fully saturated rings. The number of rotatable bonds is 3. The van der Waals surface area contributed by atoms with Crippen LogP contribution in [0.25, 0.3) is 0 Å². The molecule has 0 nitrogen and oxygen atoms in total. The van der Waals surface area contributed by atoms with Crippen molar-refractivity contribution >= 4 is 11.6 Å². The van der Waals surface area contributed by atoms with Crippen molar-refractivity contribution in [2.75, 3.05) is 5.88 Å². The molecule has 1 aromatic rings. The third kappa shape index (κ3) is 3.24. The fourth-order valence-electron chi connectivity index (χ4n) is 0.897. The van der Waals surface area contributed by atoms with Gasteiger partial charge in [0.05, 0.1) is 0 Å². The second kappa shape index (κ2) is 4.97. The number of benzene rings is 1. The minimum Gasteiger partial charge on any atom is -0.122 e. The molecular weight excluding hydrogens is 156 g/mol. The smallest absolute Gasteiger partial charge is 0.0404 e. The number of hydrogen-bond donors (Lipinski definition) is 0. The van der Waals surface area contributed by atoms with Gasteiger partial charge in [0.25, 0.3) is 0 Å². The van der Waals surface area contributed by atoms with E-state index in [4.69, 9.17) is 11.6 Å². The van der Waals surface area contributed by atoms with Gasteiger partial charge in [-0.25, -0.2) is 0 Å². The van der Waals surface area contributed by atoms with Gasteiger partial charge in [-0.15, -0.1) is 11.6 Å². The Bertz CT molecular complexity index is 214. The van der Waals surface area contributed by atoms with Crippen molar-refractivity contribution in [3.05, 3.63) is 48.0 Å². The van der Waals surface area contributed by atoms with E-state index in [1.807, 2.05) is 24.3 Å². The molecule has 1 heteroatoms. The van der Waals surface area contributed by atoms with Gasteiger partial charge in [-0.3, -0.25) is 0 Å². The summed E-state index contributed by atoms with van der Waals surface area (Å²) < 4.78 is 0. The molecule has 0 spiro atoms. The zero-order valence-corrected chi connectivity index (χ0v) is 7.09. The van der Waals surface area contributed by atoms with Gasteiger partial charge in [0.15, 0.2) is 0 Å². The largest absolute Gasteiger partial charge is 0.122 e. The molecule has 1 aromatic carbocycles. The van der Waals surface area contributed by atoms with Crippen LogP contribution in [0.1, 0.15) is 5.56 Å². The molecule has 0 saturated heterocycles. The van der Waals surface area contributed by atoms with E-state index in [1.165, 1.54) is 5.56 Å². The van der Waals surface area contributed by atoms with Gasteiger partial charge in [0.1, 0.15) is 0 Å². The van der Waals surface area contributed by atoms with Gasteiger partial charge in [0.2, 0.25) is 0 Å². The number of hydrogen-bond acceptors (Lipinski definition) is 0. The second-order valence-electron chi connectivity index (χ2n) is 2.32. The van der Waals surface area contributed by atoms with Crippen LogP contribution in [0, 0.1) is 0 Å². The van der Waals surface area contributed by atoms with E-state index in [9.17, 15) is 0 Å². The summed E-state index contributed by atoms with van der Waals surface area (Å²) in [5.74, 6) is 0.604. The average Bonchev–Trinajstić information content (AvgIpc) is 2.07. The van der Waals surface area contributed by atoms with Crippen molar-refractivity contribution in [1.82, 2.24) is 0 Å². The van der Waals surface area contributed by atoms with Crippen LogP contribution in [-0.2, 0) is 6.42 Å². The Hall–Kier alpha value is -0.750. The lowest BCUT2D eigenvalue weighted by Gasteiger charge is -1.92. The third-order valence-corrected chi connectivity index (χ3v) is 1.63. The van der Waals surface area contributed by atoms with Crippen molar-refractivity contribution in [2.45, 2.75) is 6.42 Å². The third-order valence-electron chi connectivity index (χ3n) is 1.45. The maximum Gasteiger partial charge on any atom is 0.0404 e. The zero-order valence-electron chi connectivity index (χ0n) is 6.33. The van der Waals surface area contributed by atoms with Crippen molar-refractivity contribution in [2.24, 2.45) is 0 Å². The van der Waals surface area contributed by atoms with Crippen LogP contribution in [0.4, 0.5) is 0 Å². The molecular formula is C10H11Cl. The normalized spacial score (nSPS) is 10.6. The first-order chi connectivity index (χ1) is 5.43. The van der Waals surface area contributed by atoms with Crippen LogP contribution < -0.4 is 0 Å². The Labute approximate surface area is 72.5 Å². The molecule has 0 atom stereocenters. The molecule has 0 aromatic heterocycles. The van der Waals surface area contributed by atoms with Crippen LogP contribution >= 0.6 is 11.6 Å². The van der Waals surface area contributed by atoms with Gasteiger partial charge in [-0.05, 0) is 12.0 Å². The molecule has 0 amide bonds. The summed E-state index contributed by atoms with van der Waals surface area (Å²) in [6, 6.07) is 10.3. The van der Waals surface area contributed by atoms with Crippen LogP contribution in [0.3, 0.4) is 0 Å². The molecule has 0 radical (unpaired) electrons. The minimum atomic E-state index is 0.604. The fourth-order valence-corrected chi connectivity index (χ4v) is 1.02. The Morgan fingerprint density at radius 1 is 1.09 bits per heavy atom. The van der Waals surface area contributed by atoms with E-state index in [0.29, 0.717) is 5.88 Å². The Morgan fingerprint density at radius 2 is 1.82 bits per heavy atom. The van der Waals surface area contributed by atoms with Crippen LogP contribution in [0.2, 0.25) is 0 Å². The standard InChI is InChI=1S/C10H11Cl/c11-9-5-4-8-10-6-2-1-3-7-10/h1-7H,8-9H2/b5-4-. The van der Waals surface area contributed by atoms with Crippen molar-refractivity contribution in [3.63, 3.8) is 0 Å². The van der Waals surface area contributed by atoms with Crippen LogP contribution in [0.5, 0.6) is 0 Å². The molecule has 0 aliphatic rings. The highest BCUT2D eigenvalue weighted by atomic mass is 35.5. The van der Waals surface area contributed by atoms with Gasteiger partial charge < -0.3 is 0 Å². The summed E-state index contributed by atoms with van der Waals surface area (Å²) in [4.78, 5) is 0. The SMILES string of the molecule is ClC/C=C\Cc1ccccc1. The van der Waals surface area contributed by atoms with Gasteiger partial charge >= 0.3 is 0 Å². The molecule has 1 rings (SSSR count). The first kappa shape index (κ1) is 8.35. The van der Waals surface area contributed by atoms with Gasteiger partial charge in [0, 0.05) is 5.88 Å². The molecule has 0 bridgehead atoms. The van der Waals surface area contributed by atoms with E-state index < -0.39 is 0 Å². The molecule has 0 aliphatic carbocycles. The predicted octanol–water partition coefficient (Wildman–Crippen LogP) is 3.02. The lowest BCUT2D eigenvalue weighted by Crippen LogP contribution is -1.78. The second-order valence-corrected chi connectivity index (χ2v) is 2.62. The summed E-state index contributed by atoms with van der Waals surface area (Å²) in [7, 11) is 0. The number of alkyl halides is 1. The van der Waals surface area contributed by atoms with Gasteiger partial charge in [-0.2, -0.15) is 0 Å². The fraction of sp³-hybridized carbons (Fsp3) is 0.200. The summed E-state index contributed by atoms with van der Waals surface area (Å²) >= 11 is 5.48. The van der Waals surface area contributed by atoms with E-state index in [2.05, 4.69) is 18.2 Å². The topological polar surface area (TPSA) is 0 Å². The first-order valence-corrected chi connectivity index (χ1v) is 4.22. The summed E-state index contributed by atoms with van der Waals surface area (Å²) in [5.41, 5.74) is 1.33. The zero-order chi connectivity index (χ0) is 7.94. The van der Waals surface area contributed by atoms with E-state index in [1.54, 1.807) is 0 Å². The monoisotopic (exact) mass is 166 g/mol. The highest BCUT2D eigenvalue weighted by Gasteiger charge is 1.83. The summed E-state index contributed by atoms with van der Waals surface area (Å²) in [6.07, 6.45) is 5.03. The lowest BCUT2D eigenvalue weighted by atomic mass is 10.1. The van der Waals surface area contributed by atoms with E-state index >= 15 is 0 Å². The van der Waals surface area contributed by atoms with Crippen molar-refractivity contribution in [1.29, 1.82) is 0 Å². The predicted molar refractivity (Wildman–Crippen MR) is 50.0 cm³/mol. The highest BCUT2D eigenvalue weighted by molar-refractivity contribution is 6.18. The number of allylic oxidation sites excluding steroid dienone is 2. The van der Waals surface area contributed by atoms with Gasteiger partial charge in [-0.1, -0.05) is 42.5 Å². The Morgan fingerprint density at radius 3 is 2.45 bits per heavy atom. The van der Waals surface area contributed by atoms with Crippen LogP contribution in [0.15, 0.2) is 42.5 Å². The highest BCUT2D eigenvalue weighted by Crippen LogP contribution is 1.99. The first-order valence-electron chi connectivity index (χ1n) is 3.68. The number of halogens is 1. The average molecular weight is 167 g/mol. The van der Waals surface area contributed by atoms with E-state index in [-0.39, 0.29) is 0 Å². The summed E-state index contributed by atoms with van der Waals surface area (Å²) in [6.45, 7) is 0. The molecule has 58 valence electrons. The molecule has 0 aliphatic heterocycles. The van der Waals surface area contributed by atoms with Crippen molar-refractivity contribution in [3.8, 4) is 0 Å². The Kier molecular flexibility index (Phi) is 3.77. The van der Waals surface area contributed by atoms with Crippen LogP contribution in [-0.4, -0.2) is 5.88 Å². The maximum atomic E-state index is 5.48. The quantitative estimate of drug-likeness (QED) is 0.479. The molecule has 0 N–H and O–H groups in total. The summed E-state index contributed by atoms with van der Waals surface area (Å²) in [5, 5.41) is 0. The van der Waals surface area contributed by atoms with Crippen molar-refractivity contribution < 1.29 is 0 Å². The maximum absolute atomic E-state index is 5.48. The lowest BCUT2D eigenvalue weighted by molar-refractivity contribution is 1.26. The molecule has 11 heavy (non-hydrogen) atoms. The Balaban J connectivity index is 2.45.